The van der Waals surface area contributed by atoms with Gasteiger partial charge in [0.2, 0.25) is 5.91 Å². The van der Waals surface area contributed by atoms with Crippen LogP contribution in [0.5, 0.6) is 0 Å². The Hall–Kier alpha value is -1.46. The van der Waals surface area contributed by atoms with Crippen molar-refractivity contribution in [3.8, 4) is 0 Å². The molecule has 0 atom stereocenters. The average molecular weight is 268 g/mol. The Labute approximate surface area is 113 Å². The number of primary amides is 1. The fourth-order valence-corrected chi connectivity index (χ4v) is 1.92. The minimum absolute atomic E-state index is 0.288. The molecule has 0 unspecified atom stereocenters. The largest absolute Gasteiger partial charge is 0.389 e. The van der Waals surface area contributed by atoms with E-state index in [1.165, 1.54) is 18.2 Å². The van der Waals surface area contributed by atoms with E-state index in [-0.39, 0.29) is 11.4 Å². The highest BCUT2D eigenvalue weighted by Crippen LogP contribution is 2.15. The molecule has 0 heterocycles. The summed E-state index contributed by atoms with van der Waals surface area (Å²) in [6, 6.07) is 4.07. The molecule has 3 N–H and O–H groups in total. The monoisotopic (exact) mass is 268 g/mol. The Morgan fingerprint density at radius 3 is 2.58 bits per heavy atom. The number of likely N-dealkylation sites (N-methyl/N-ethyl adjacent to an activating group) is 1. The van der Waals surface area contributed by atoms with Gasteiger partial charge < -0.3 is 10.8 Å². The summed E-state index contributed by atoms with van der Waals surface area (Å²) in [6.07, 6.45) is 0. The second-order valence-electron chi connectivity index (χ2n) is 5.29. The number of amides is 1. The molecule has 0 aliphatic carbocycles. The third-order valence-corrected chi connectivity index (χ3v) is 2.78. The van der Waals surface area contributed by atoms with Gasteiger partial charge in [-0.05, 0) is 38.6 Å². The number of rotatable bonds is 6. The number of nitrogens with zero attached hydrogens (tertiary/aromatic N) is 1. The van der Waals surface area contributed by atoms with Crippen molar-refractivity contribution in [2.24, 2.45) is 5.73 Å². The van der Waals surface area contributed by atoms with Gasteiger partial charge in [-0.3, -0.25) is 9.69 Å². The first-order chi connectivity index (χ1) is 8.73. The Bertz CT molecular complexity index is 455. The van der Waals surface area contributed by atoms with Gasteiger partial charge in [0.1, 0.15) is 5.82 Å². The van der Waals surface area contributed by atoms with Crippen LogP contribution >= 0.6 is 0 Å². The first kappa shape index (κ1) is 15.6. The van der Waals surface area contributed by atoms with Crippen molar-refractivity contribution < 1.29 is 14.3 Å². The third kappa shape index (κ3) is 4.96. The maximum Gasteiger partial charge on any atom is 0.248 e. The summed E-state index contributed by atoms with van der Waals surface area (Å²) in [5.74, 6) is -0.953. The first-order valence-electron chi connectivity index (χ1n) is 6.26. The lowest BCUT2D eigenvalue weighted by Crippen LogP contribution is -2.38. The number of hydrogen-bond donors (Lipinski definition) is 2. The Morgan fingerprint density at radius 2 is 2.11 bits per heavy atom. The van der Waals surface area contributed by atoms with Gasteiger partial charge in [-0.2, -0.15) is 0 Å². The van der Waals surface area contributed by atoms with Crippen LogP contribution in [0.4, 0.5) is 4.39 Å². The van der Waals surface area contributed by atoms with Crippen LogP contribution < -0.4 is 5.73 Å². The summed E-state index contributed by atoms with van der Waals surface area (Å²) in [6.45, 7) is 6.75. The lowest BCUT2D eigenvalue weighted by Gasteiger charge is -2.28. The maximum absolute atomic E-state index is 13.7. The first-order valence-corrected chi connectivity index (χ1v) is 6.26. The van der Waals surface area contributed by atoms with Gasteiger partial charge in [-0.25, -0.2) is 4.39 Å². The zero-order valence-corrected chi connectivity index (χ0v) is 11.6. The fraction of sp³-hybridized carbons (Fsp3) is 0.500. The van der Waals surface area contributed by atoms with Gasteiger partial charge in [0.25, 0.3) is 0 Å². The molecule has 4 nitrogen and oxygen atoms in total. The second kappa shape index (κ2) is 6.12. The van der Waals surface area contributed by atoms with Crippen LogP contribution in [0.25, 0.3) is 0 Å². The van der Waals surface area contributed by atoms with Crippen LogP contribution in [0.3, 0.4) is 0 Å². The molecule has 19 heavy (non-hydrogen) atoms. The molecule has 0 aliphatic rings. The minimum Gasteiger partial charge on any atom is -0.389 e. The zero-order valence-electron chi connectivity index (χ0n) is 11.6. The van der Waals surface area contributed by atoms with Crippen molar-refractivity contribution in [1.29, 1.82) is 0 Å². The molecular weight excluding hydrogens is 247 g/mol. The number of halogens is 1. The molecule has 5 heteroatoms. The lowest BCUT2D eigenvalue weighted by atomic mass is 10.1. The van der Waals surface area contributed by atoms with E-state index in [9.17, 15) is 14.3 Å². The summed E-state index contributed by atoms with van der Waals surface area (Å²) in [5.41, 5.74) is 5.02. The molecule has 0 fully saturated rings. The van der Waals surface area contributed by atoms with Crippen LogP contribution in [0.1, 0.15) is 36.7 Å². The summed E-state index contributed by atoms with van der Waals surface area (Å²) >= 11 is 0. The van der Waals surface area contributed by atoms with Gasteiger partial charge >= 0.3 is 0 Å². The van der Waals surface area contributed by atoms with E-state index in [2.05, 4.69) is 0 Å². The summed E-state index contributed by atoms with van der Waals surface area (Å²) in [7, 11) is 0. The van der Waals surface area contributed by atoms with E-state index in [1.807, 2.05) is 11.8 Å². The summed E-state index contributed by atoms with van der Waals surface area (Å²) in [4.78, 5) is 13.0. The zero-order chi connectivity index (χ0) is 14.6. The summed E-state index contributed by atoms with van der Waals surface area (Å²) < 4.78 is 13.7. The highest BCUT2D eigenvalue weighted by atomic mass is 19.1. The van der Waals surface area contributed by atoms with E-state index in [4.69, 9.17) is 5.73 Å². The molecule has 0 spiro atoms. The molecule has 1 aromatic rings. The van der Waals surface area contributed by atoms with Crippen molar-refractivity contribution in [1.82, 2.24) is 4.90 Å². The van der Waals surface area contributed by atoms with Crippen LogP contribution in [0.2, 0.25) is 0 Å². The van der Waals surface area contributed by atoms with E-state index >= 15 is 0 Å². The molecule has 1 amide bonds. The Morgan fingerprint density at radius 1 is 1.47 bits per heavy atom. The van der Waals surface area contributed by atoms with Crippen molar-refractivity contribution in [3.05, 3.63) is 35.1 Å². The van der Waals surface area contributed by atoms with Crippen LogP contribution in [0.15, 0.2) is 18.2 Å². The number of carbonyl (C=O) groups is 1. The van der Waals surface area contributed by atoms with E-state index in [0.29, 0.717) is 25.2 Å². The van der Waals surface area contributed by atoms with Gasteiger partial charge in [0.05, 0.1) is 5.60 Å². The highest BCUT2D eigenvalue weighted by molar-refractivity contribution is 5.92. The molecule has 0 bridgehead atoms. The van der Waals surface area contributed by atoms with Gasteiger partial charge in [-0.15, -0.1) is 0 Å². The lowest BCUT2D eigenvalue weighted by molar-refractivity contribution is 0.0350. The molecule has 0 saturated heterocycles. The normalized spacial score (nSPS) is 11.9. The van der Waals surface area contributed by atoms with Crippen LogP contribution in [-0.2, 0) is 6.54 Å². The number of nitrogens with two attached hydrogens (primary N) is 1. The molecule has 1 rings (SSSR count). The second-order valence-corrected chi connectivity index (χ2v) is 5.29. The van der Waals surface area contributed by atoms with Crippen molar-refractivity contribution in [2.45, 2.75) is 32.9 Å². The Balaban J connectivity index is 2.90. The highest BCUT2D eigenvalue weighted by Gasteiger charge is 2.18. The van der Waals surface area contributed by atoms with Crippen molar-refractivity contribution in [3.63, 3.8) is 0 Å². The number of benzene rings is 1. The van der Waals surface area contributed by atoms with Crippen molar-refractivity contribution >= 4 is 5.91 Å². The van der Waals surface area contributed by atoms with Gasteiger partial charge in [0.15, 0.2) is 0 Å². The van der Waals surface area contributed by atoms with Crippen LogP contribution in [-0.4, -0.2) is 34.6 Å². The molecular formula is C14H21FN2O2. The van der Waals surface area contributed by atoms with Crippen LogP contribution in [0, 0.1) is 5.82 Å². The summed E-state index contributed by atoms with van der Waals surface area (Å²) in [5, 5.41) is 9.80. The number of aliphatic hydroxyl groups is 1. The molecule has 0 saturated carbocycles. The van der Waals surface area contributed by atoms with E-state index in [0.717, 1.165) is 0 Å². The minimum atomic E-state index is -0.853. The average Bonchev–Trinajstić information content (AvgIpc) is 2.28. The SMILES string of the molecule is CCN(Cc1cc(C(N)=O)ccc1F)CC(C)(C)O. The third-order valence-electron chi connectivity index (χ3n) is 2.78. The smallest absolute Gasteiger partial charge is 0.248 e. The standard InChI is InChI=1S/C14H21FN2O2/c1-4-17(9-14(2,3)19)8-11-7-10(13(16)18)5-6-12(11)15/h5-7,19H,4,8-9H2,1-3H3,(H2,16,18). The molecule has 1 aromatic carbocycles. The molecule has 0 aromatic heterocycles. The van der Waals surface area contributed by atoms with E-state index < -0.39 is 11.5 Å². The molecule has 0 radical (unpaired) electrons. The van der Waals surface area contributed by atoms with Gasteiger partial charge in [-0.1, -0.05) is 6.92 Å². The van der Waals surface area contributed by atoms with Crippen molar-refractivity contribution in [2.75, 3.05) is 13.1 Å². The molecule has 0 aliphatic heterocycles. The van der Waals surface area contributed by atoms with Gasteiger partial charge in [0, 0.05) is 24.2 Å². The number of carbonyl (C=O) groups excluding carboxylic acids is 1. The Kier molecular flexibility index (Phi) is 5.03. The predicted octanol–water partition coefficient (Wildman–Crippen LogP) is 1.52. The predicted molar refractivity (Wildman–Crippen MR) is 72.2 cm³/mol. The molecule has 106 valence electrons. The van der Waals surface area contributed by atoms with E-state index in [1.54, 1.807) is 13.8 Å². The quantitative estimate of drug-likeness (QED) is 0.822. The fourth-order valence-electron chi connectivity index (χ4n) is 1.92. The maximum atomic E-state index is 13.7. The topological polar surface area (TPSA) is 66.6 Å². The number of hydrogen-bond acceptors (Lipinski definition) is 3.